The highest BCUT2D eigenvalue weighted by atomic mass is 32.2. The Kier molecular flexibility index (Phi) is 4.57. The van der Waals surface area contributed by atoms with Crippen molar-refractivity contribution in [3.63, 3.8) is 0 Å². The van der Waals surface area contributed by atoms with Crippen LogP contribution in [-0.4, -0.2) is 18.3 Å². The molecule has 1 heterocycles. The summed E-state index contributed by atoms with van der Waals surface area (Å²) < 4.78 is 17.1. The van der Waals surface area contributed by atoms with E-state index >= 15 is 0 Å². The van der Waals surface area contributed by atoms with Crippen LogP contribution in [0.25, 0.3) is 10.9 Å². The van der Waals surface area contributed by atoms with Crippen LogP contribution in [0.5, 0.6) is 11.5 Å². The molecule has 23 heavy (non-hydrogen) atoms. The van der Waals surface area contributed by atoms with Gasteiger partial charge in [-0.05, 0) is 35.9 Å². The van der Waals surface area contributed by atoms with Gasteiger partial charge in [-0.3, -0.25) is 4.98 Å². The predicted molar refractivity (Wildman–Crippen MR) is 92.5 cm³/mol. The maximum atomic E-state index is 5.97. The lowest BCUT2D eigenvalue weighted by atomic mass is 10.2. The second kappa shape index (κ2) is 6.79. The van der Waals surface area contributed by atoms with Crippen LogP contribution in [0.4, 0.5) is 0 Å². The van der Waals surface area contributed by atoms with Crippen molar-refractivity contribution in [3.05, 3.63) is 60.3 Å². The Morgan fingerprint density at radius 2 is 1.87 bits per heavy atom. The molecule has 4 nitrogen and oxygen atoms in total. The molecule has 1 aromatic heterocycles. The fourth-order valence-corrected chi connectivity index (χ4v) is 2.88. The van der Waals surface area contributed by atoms with Gasteiger partial charge in [0.2, 0.25) is 0 Å². The second-order valence-electron chi connectivity index (χ2n) is 5.18. The van der Waals surface area contributed by atoms with Crippen molar-refractivity contribution in [2.45, 2.75) is 11.5 Å². The molecule has 0 radical (unpaired) electrons. The molecule has 3 aromatic rings. The smallest absolute Gasteiger partial charge is 0.130 e. The molecule has 118 valence electrons. The van der Waals surface area contributed by atoms with Crippen LogP contribution >= 0.6 is 0 Å². The number of hydrogen-bond donors (Lipinski definition) is 1. The van der Waals surface area contributed by atoms with Gasteiger partial charge < -0.3 is 9.47 Å². The third-order valence-electron chi connectivity index (χ3n) is 3.60. The van der Waals surface area contributed by atoms with Crippen molar-refractivity contribution in [1.29, 1.82) is 0 Å². The van der Waals surface area contributed by atoms with E-state index in [2.05, 4.69) is 29.2 Å². The lowest BCUT2D eigenvalue weighted by molar-refractivity contribution is -0.0750. The van der Waals surface area contributed by atoms with Gasteiger partial charge in [0.05, 0.1) is 28.2 Å². The van der Waals surface area contributed by atoms with E-state index < -0.39 is 0 Å². The average molecular weight is 327 g/mol. The van der Waals surface area contributed by atoms with E-state index in [9.17, 15) is 0 Å². The van der Waals surface area contributed by atoms with Crippen molar-refractivity contribution >= 4 is 21.6 Å². The molecule has 0 aliphatic carbocycles. The summed E-state index contributed by atoms with van der Waals surface area (Å²) in [5, 5.41) is 0.974. The molecule has 1 unspecified atom stereocenters. The van der Waals surface area contributed by atoms with Gasteiger partial charge in [0.1, 0.15) is 18.1 Å². The molecule has 0 fully saturated rings. The molecule has 2 N–H and O–H groups in total. The molecular weight excluding hydrogens is 308 g/mol. The Labute approximate surface area is 138 Å². The van der Waals surface area contributed by atoms with Gasteiger partial charge in [-0.2, -0.15) is 0 Å². The maximum absolute atomic E-state index is 5.97. The van der Waals surface area contributed by atoms with Crippen molar-refractivity contribution in [2.75, 3.05) is 13.4 Å². The van der Waals surface area contributed by atoms with E-state index in [1.807, 2.05) is 30.5 Å². The maximum Gasteiger partial charge on any atom is 0.130 e. The molecule has 0 saturated carbocycles. The molecule has 0 amide bonds. The summed E-state index contributed by atoms with van der Waals surface area (Å²) in [6.07, 6.45) is 3.75. The van der Waals surface area contributed by atoms with Gasteiger partial charge in [-0.25, -0.2) is 4.78 Å². The van der Waals surface area contributed by atoms with Gasteiger partial charge in [0.15, 0.2) is 0 Å². The molecule has 1 atom stereocenters. The van der Waals surface area contributed by atoms with Crippen molar-refractivity contribution in [2.24, 2.45) is 0 Å². The molecule has 0 aliphatic rings. The molecule has 0 spiro atoms. The van der Waals surface area contributed by atoms with Crippen molar-refractivity contribution in [1.82, 2.24) is 4.98 Å². The van der Waals surface area contributed by atoms with Gasteiger partial charge in [0.25, 0.3) is 0 Å². The highest BCUT2D eigenvalue weighted by Gasteiger charge is 2.05. The average Bonchev–Trinajstić information content (AvgIpc) is 2.59. The molecule has 0 aliphatic heterocycles. The van der Waals surface area contributed by atoms with Crippen LogP contribution in [0.1, 0.15) is 5.56 Å². The van der Waals surface area contributed by atoms with Crippen LogP contribution < -0.4 is 14.3 Å². The number of methoxy groups -OCH3 is 1. The summed E-state index contributed by atoms with van der Waals surface area (Å²) >= 11 is 0. The Bertz CT molecular complexity index is 847. The first-order chi connectivity index (χ1) is 11.2. The predicted octanol–water partition coefficient (Wildman–Crippen LogP) is 2.37. The zero-order chi connectivity index (χ0) is 16.2. The van der Waals surface area contributed by atoms with E-state index in [1.54, 1.807) is 13.3 Å². The SMILES string of the molecule is COc1ccc2c(OCc3ccc(S(C)=[NH2+])cc3)ccnc2c1. The Morgan fingerprint density at radius 3 is 2.57 bits per heavy atom. The summed E-state index contributed by atoms with van der Waals surface area (Å²) in [5.41, 5.74) is 1.97. The number of pyridine rings is 1. The number of fused-ring (bicyclic) bond motifs is 1. The second-order valence-corrected chi connectivity index (χ2v) is 6.77. The first kappa shape index (κ1) is 15.5. The molecule has 0 saturated heterocycles. The monoisotopic (exact) mass is 327 g/mol. The summed E-state index contributed by atoms with van der Waals surface area (Å²) in [6.45, 7) is 0.507. The minimum atomic E-state index is -0.210. The lowest BCUT2D eigenvalue weighted by Gasteiger charge is -2.10. The molecular formula is C18H19N2O2S+. The standard InChI is InChI=1S/C18H18N2O2S/c1-21-14-5-8-16-17(11-14)20-10-9-18(16)22-12-13-3-6-15(7-4-13)23(2)19/h3-11,19H,12H2,1-2H3/p+1. The first-order valence-corrected chi connectivity index (χ1v) is 8.92. The Hall–Kier alpha value is -2.40. The van der Waals surface area contributed by atoms with Crippen molar-refractivity contribution < 1.29 is 14.3 Å². The van der Waals surface area contributed by atoms with E-state index in [0.717, 1.165) is 32.9 Å². The molecule has 0 bridgehead atoms. The summed E-state index contributed by atoms with van der Waals surface area (Å²) in [6, 6.07) is 15.9. The Balaban J connectivity index is 1.80. The topological polar surface area (TPSA) is 56.9 Å². The first-order valence-electron chi connectivity index (χ1n) is 7.22. The van der Waals surface area contributed by atoms with Gasteiger partial charge in [-0.15, -0.1) is 0 Å². The summed E-state index contributed by atoms with van der Waals surface area (Å²) in [5.74, 6) is 1.60. The largest absolute Gasteiger partial charge is 0.497 e. The molecule has 3 rings (SSSR count). The zero-order valence-electron chi connectivity index (χ0n) is 13.2. The summed E-state index contributed by atoms with van der Waals surface area (Å²) in [4.78, 5) is 5.51. The fourth-order valence-electron chi connectivity index (χ4n) is 2.32. The van der Waals surface area contributed by atoms with E-state index in [-0.39, 0.29) is 10.7 Å². The van der Waals surface area contributed by atoms with Crippen LogP contribution in [0, 0.1) is 0 Å². The number of nitrogens with two attached hydrogens (primary N) is 1. The molecule has 5 heteroatoms. The van der Waals surface area contributed by atoms with E-state index in [0.29, 0.717) is 6.61 Å². The number of aromatic nitrogens is 1. The normalized spacial score (nSPS) is 12.1. The number of rotatable bonds is 5. The quantitative estimate of drug-likeness (QED) is 0.783. The van der Waals surface area contributed by atoms with Crippen molar-refractivity contribution in [3.8, 4) is 11.5 Å². The minimum Gasteiger partial charge on any atom is -0.497 e. The van der Waals surface area contributed by atoms with E-state index in [4.69, 9.17) is 14.3 Å². The molecule has 2 aromatic carbocycles. The fraction of sp³-hybridized carbons (Fsp3) is 0.167. The highest BCUT2D eigenvalue weighted by Crippen LogP contribution is 2.27. The highest BCUT2D eigenvalue weighted by molar-refractivity contribution is 7.83. The van der Waals surface area contributed by atoms with Gasteiger partial charge in [0, 0.05) is 23.9 Å². The zero-order valence-corrected chi connectivity index (χ0v) is 14.0. The number of hydrogen-bond acceptors (Lipinski definition) is 3. The minimum absolute atomic E-state index is 0.210. The van der Waals surface area contributed by atoms with E-state index in [1.165, 1.54) is 0 Å². The van der Waals surface area contributed by atoms with Gasteiger partial charge >= 0.3 is 0 Å². The third kappa shape index (κ3) is 3.51. The van der Waals surface area contributed by atoms with Crippen LogP contribution in [-0.2, 0) is 17.3 Å². The number of ether oxygens (including phenoxy) is 2. The Morgan fingerprint density at radius 1 is 1.09 bits per heavy atom. The number of benzene rings is 2. The van der Waals surface area contributed by atoms with Gasteiger partial charge in [-0.1, -0.05) is 12.1 Å². The summed E-state index contributed by atoms with van der Waals surface area (Å²) in [7, 11) is 1.44. The van der Waals surface area contributed by atoms with Crippen LogP contribution in [0.2, 0.25) is 0 Å². The van der Waals surface area contributed by atoms with Crippen LogP contribution in [0.15, 0.2) is 59.6 Å². The number of nitrogens with zero attached hydrogens (tertiary/aromatic N) is 1. The van der Waals surface area contributed by atoms with Crippen LogP contribution in [0.3, 0.4) is 0 Å². The third-order valence-corrected chi connectivity index (χ3v) is 4.62. The lowest BCUT2D eigenvalue weighted by Crippen LogP contribution is -2.33.